The van der Waals surface area contributed by atoms with Crippen LogP contribution in [-0.4, -0.2) is 62.1 Å². The number of nitrogens with zero attached hydrogens (tertiary/aromatic N) is 2. The normalized spacial score (nSPS) is 21.1. The zero-order valence-corrected chi connectivity index (χ0v) is 20.9. The number of esters is 2. The second kappa shape index (κ2) is 10.4. The molecule has 0 radical (unpaired) electrons. The highest BCUT2D eigenvalue weighted by molar-refractivity contribution is 8.00. The maximum absolute atomic E-state index is 12.9. The zero-order chi connectivity index (χ0) is 23.6. The molecule has 0 spiro atoms. The van der Waals surface area contributed by atoms with E-state index in [0.29, 0.717) is 21.9 Å². The summed E-state index contributed by atoms with van der Waals surface area (Å²) in [6.45, 7) is 0.527. The van der Waals surface area contributed by atoms with Gasteiger partial charge in [-0.25, -0.2) is 4.79 Å². The molecular formula is C19H15Cl5N2O5S. The number of β-lactam (4-membered cyclic amide) rings is 1. The average Bonchev–Trinajstić information content (AvgIpc) is 2.73. The predicted molar refractivity (Wildman–Crippen MR) is 126 cm³/mol. The molecule has 0 N–H and O–H groups in total. The number of hydrogen-bond donors (Lipinski definition) is 0. The van der Waals surface area contributed by atoms with Gasteiger partial charge < -0.3 is 9.47 Å². The van der Waals surface area contributed by atoms with Gasteiger partial charge in [-0.3, -0.25) is 19.5 Å². The molecule has 0 aromatic heterocycles. The van der Waals surface area contributed by atoms with Gasteiger partial charge in [0.25, 0.3) is 5.91 Å². The number of amides is 1. The molecule has 2 heterocycles. The second-order valence-corrected chi connectivity index (χ2v) is 11.1. The molecule has 1 amide bonds. The summed E-state index contributed by atoms with van der Waals surface area (Å²) in [6, 6.07) is 5.86. The van der Waals surface area contributed by atoms with Crippen LogP contribution in [0.3, 0.4) is 0 Å². The first-order chi connectivity index (χ1) is 15.0. The van der Waals surface area contributed by atoms with Gasteiger partial charge in [-0.05, 0) is 12.1 Å². The Hall–Kier alpha value is -1.16. The highest BCUT2D eigenvalue weighted by Crippen LogP contribution is 2.42. The molecule has 32 heavy (non-hydrogen) atoms. The van der Waals surface area contributed by atoms with Gasteiger partial charge >= 0.3 is 11.9 Å². The minimum Gasteiger partial charge on any atom is -0.461 e. The van der Waals surface area contributed by atoms with Crippen molar-refractivity contribution in [1.82, 2.24) is 4.90 Å². The first-order valence-electron chi connectivity index (χ1n) is 9.01. The summed E-state index contributed by atoms with van der Waals surface area (Å²) in [5.74, 6) is -1.57. The molecule has 1 aromatic carbocycles. The summed E-state index contributed by atoms with van der Waals surface area (Å²) in [5.41, 5.74) is 0.940. The molecule has 0 saturated carbocycles. The lowest BCUT2D eigenvalue weighted by Crippen LogP contribution is -2.64. The van der Waals surface area contributed by atoms with Crippen molar-refractivity contribution in [1.29, 1.82) is 0 Å². The van der Waals surface area contributed by atoms with Crippen molar-refractivity contribution >= 4 is 92.8 Å². The van der Waals surface area contributed by atoms with Gasteiger partial charge in [0.2, 0.25) is 3.79 Å². The quantitative estimate of drug-likeness (QED) is 0.223. The fourth-order valence-corrected chi connectivity index (χ4v) is 4.77. The van der Waals surface area contributed by atoms with E-state index in [1.165, 1.54) is 23.6 Å². The summed E-state index contributed by atoms with van der Waals surface area (Å²) in [5, 5.41) is 0.172. The van der Waals surface area contributed by atoms with Crippen LogP contribution in [0.4, 0.5) is 0 Å². The van der Waals surface area contributed by atoms with Crippen LogP contribution in [0.2, 0.25) is 5.02 Å². The first-order valence-corrected chi connectivity index (χ1v) is 11.9. The van der Waals surface area contributed by atoms with E-state index in [9.17, 15) is 14.4 Å². The van der Waals surface area contributed by atoms with Crippen LogP contribution >= 0.6 is 69.8 Å². The van der Waals surface area contributed by atoms with Crippen LogP contribution in [0, 0.1) is 0 Å². The van der Waals surface area contributed by atoms with Crippen LogP contribution < -0.4 is 0 Å². The van der Waals surface area contributed by atoms with Crippen LogP contribution in [0.5, 0.6) is 0 Å². The van der Waals surface area contributed by atoms with Crippen molar-refractivity contribution < 1.29 is 23.9 Å². The highest BCUT2D eigenvalue weighted by atomic mass is 35.6. The number of ether oxygens (including phenoxy) is 2. The van der Waals surface area contributed by atoms with Crippen molar-refractivity contribution in [3.05, 3.63) is 46.1 Å². The number of thioether (sulfide) groups is 1. The SMILES string of the molecule is CC(=O)OCC1=C(C(=O)OCC(Cl)(Cl)Cl)N2C(=O)[C@@H](N=C(Cl)c3ccc(Cl)cc3)[C@H]2SC1. The number of benzene rings is 1. The third-order valence-corrected chi connectivity index (χ3v) is 6.58. The monoisotopic (exact) mass is 558 g/mol. The minimum absolute atomic E-state index is 0.0525. The van der Waals surface area contributed by atoms with E-state index < -0.39 is 39.7 Å². The van der Waals surface area contributed by atoms with Crippen molar-refractivity contribution in [2.24, 2.45) is 4.99 Å². The van der Waals surface area contributed by atoms with Crippen LogP contribution in [-0.2, 0) is 23.9 Å². The number of carbonyl (C=O) groups is 3. The smallest absolute Gasteiger partial charge is 0.355 e. The Morgan fingerprint density at radius 2 is 1.88 bits per heavy atom. The molecule has 1 saturated heterocycles. The van der Waals surface area contributed by atoms with E-state index in [1.807, 2.05) is 0 Å². The van der Waals surface area contributed by atoms with Crippen molar-refractivity contribution in [2.75, 3.05) is 19.0 Å². The fraction of sp³-hybridized carbons (Fsp3) is 0.368. The number of alkyl halides is 3. The lowest BCUT2D eigenvalue weighted by Gasteiger charge is -2.48. The molecular weight excluding hydrogens is 546 g/mol. The molecule has 1 fully saturated rings. The Balaban J connectivity index is 1.84. The predicted octanol–water partition coefficient (Wildman–Crippen LogP) is 4.34. The first kappa shape index (κ1) is 25.5. The van der Waals surface area contributed by atoms with Gasteiger partial charge in [0, 0.05) is 28.8 Å². The Morgan fingerprint density at radius 3 is 2.47 bits per heavy atom. The Kier molecular flexibility index (Phi) is 8.28. The van der Waals surface area contributed by atoms with Crippen LogP contribution in [0.25, 0.3) is 0 Å². The number of halogens is 5. The molecule has 2 aliphatic heterocycles. The molecule has 3 rings (SSSR count). The van der Waals surface area contributed by atoms with E-state index in [2.05, 4.69) is 4.99 Å². The van der Waals surface area contributed by atoms with Gasteiger partial charge in [-0.2, -0.15) is 0 Å². The van der Waals surface area contributed by atoms with E-state index in [-0.39, 0.29) is 17.5 Å². The molecule has 1 aromatic rings. The summed E-state index contributed by atoms with van der Waals surface area (Å²) in [6.07, 6.45) is 0. The van der Waals surface area contributed by atoms with E-state index in [0.717, 1.165) is 0 Å². The maximum atomic E-state index is 12.9. The summed E-state index contributed by atoms with van der Waals surface area (Å²) >= 11 is 30.5. The van der Waals surface area contributed by atoms with Crippen LogP contribution in [0.15, 0.2) is 40.5 Å². The molecule has 172 valence electrons. The van der Waals surface area contributed by atoms with Gasteiger partial charge in [0.15, 0.2) is 6.04 Å². The van der Waals surface area contributed by atoms with Gasteiger partial charge in [-0.1, -0.05) is 70.1 Å². The summed E-state index contributed by atoms with van der Waals surface area (Å²) in [7, 11) is 0. The molecule has 7 nitrogen and oxygen atoms in total. The van der Waals surface area contributed by atoms with Gasteiger partial charge in [-0.15, -0.1) is 11.8 Å². The number of fused-ring (bicyclic) bond motifs is 1. The number of aliphatic imine (C=N–C) groups is 1. The topological polar surface area (TPSA) is 85.3 Å². The Bertz CT molecular complexity index is 993. The summed E-state index contributed by atoms with van der Waals surface area (Å²) in [4.78, 5) is 42.5. The van der Waals surface area contributed by atoms with Gasteiger partial charge in [0.05, 0.1) is 0 Å². The molecule has 2 aliphatic rings. The maximum Gasteiger partial charge on any atom is 0.355 e. The Morgan fingerprint density at radius 1 is 1.22 bits per heavy atom. The molecule has 0 aliphatic carbocycles. The van der Waals surface area contributed by atoms with Crippen molar-refractivity contribution in [3.63, 3.8) is 0 Å². The standard InChI is InChI=1S/C19H15Cl5N2O5S/c1-9(27)30-6-11-7-32-17-13(25-15(21)10-2-4-12(20)5-3-10)16(28)26(17)14(11)18(29)31-8-19(22,23)24/h2-5,13,17H,6-8H2,1H3/t13-,17-/m1/s1. The minimum atomic E-state index is -1.83. The molecule has 0 unspecified atom stereocenters. The number of hydrogen-bond acceptors (Lipinski definition) is 7. The molecule has 13 heteroatoms. The highest BCUT2D eigenvalue weighted by Gasteiger charge is 2.54. The number of carbonyl (C=O) groups excluding carboxylic acids is 3. The van der Waals surface area contributed by atoms with Crippen LogP contribution in [0.1, 0.15) is 12.5 Å². The lowest BCUT2D eigenvalue weighted by atomic mass is 10.0. The Labute approximate surface area is 212 Å². The number of rotatable bonds is 6. The summed E-state index contributed by atoms with van der Waals surface area (Å²) < 4.78 is 8.26. The lowest BCUT2D eigenvalue weighted by molar-refractivity contribution is -0.151. The largest absolute Gasteiger partial charge is 0.461 e. The van der Waals surface area contributed by atoms with E-state index in [1.54, 1.807) is 24.3 Å². The average molecular weight is 561 g/mol. The third kappa shape index (κ3) is 6.04. The molecule has 0 bridgehead atoms. The van der Waals surface area contributed by atoms with E-state index in [4.69, 9.17) is 67.5 Å². The zero-order valence-electron chi connectivity index (χ0n) is 16.3. The second-order valence-electron chi connectivity index (χ2n) is 6.71. The fourth-order valence-electron chi connectivity index (χ4n) is 2.94. The molecule has 2 atom stereocenters. The van der Waals surface area contributed by atoms with E-state index >= 15 is 0 Å². The third-order valence-electron chi connectivity index (χ3n) is 4.36. The van der Waals surface area contributed by atoms with Gasteiger partial charge in [0.1, 0.15) is 29.5 Å². The van der Waals surface area contributed by atoms with Crippen molar-refractivity contribution in [2.45, 2.75) is 22.1 Å². The van der Waals surface area contributed by atoms with Crippen molar-refractivity contribution in [3.8, 4) is 0 Å².